The molecule has 1 aromatic carbocycles. The minimum absolute atomic E-state index is 0.532. The van der Waals surface area contributed by atoms with Gasteiger partial charge >= 0.3 is 0 Å². The molecule has 0 aliphatic carbocycles. The van der Waals surface area contributed by atoms with Crippen molar-refractivity contribution < 1.29 is 14.3 Å². The summed E-state index contributed by atoms with van der Waals surface area (Å²) >= 11 is 3.55. The van der Waals surface area contributed by atoms with Gasteiger partial charge in [0.25, 0.3) is 0 Å². The quantitative estimate of drug-likeness (QED) is 0.560. The van der Waals surface area contributed by atoms with Crippen LogP contribution in [0.4, 0.5) is 0 Å². The molecule has 0 amide bonds. The Morgan fingerprint density at radius 1 is 1.04 bits per heavy atom. The summed E-state index contributed by atoms with van der Waals surface area (Å²) in [7, 11) is 0. The highest BCUT2D eigenvalue weighted by atomic mass is 79.9. The van der Waals surface area contributed by atoms with E-state index in [0.717, 1.165) is 33.2 Å². The van der Waals surface area contributed by atoms with Crippen LogP contribution in [0.15, 0.2) is 47.1 Å². The van der Waals surface area contributed by atoms with E-state index in [4.69, 9.17) is 9.47 Å². The van der Waals surface area contributed by atoms with E-state index >= 15 is 0 Å². The van der Waals surface area contributed by atoms with Crippen molar-refractivity contribution in [2.24, 2.45) is 0 Å². The van der Waals surface area contributed by atoms with Gasteiger partial charge in [-0.25, -0.2) is 0 Å². The lowest BCUT2D eigenvalue weighted by Crippen LogP contribution is -1.99. The van der Waals surface area contributed by atoms with Gasteiger partial charge in [-0.05, 0) is 54.0 Å². The number of halogens is 1. The van der Waals surface area contributed by atoms with E-state index in [1.165, 1.54) is 0 Å². The molecule has 3 aromatic rings. The van der Waals surface area contributed by atoms with Crippen molar-refractivity contribution in [1.29, 1.82) is 0 Å². The van der Waals surface area contributed by atoms with Crippen LogP contribution in [0.25, 0.3) is 16.6 Å². The Bertz CT molecular complexity index is 886. The Kier molecular flexibility index (Phi) is 4.90. The number of benzene rings is 1. The van der Waals surface area contributed by atoms with Crippen molar-refractivity contribution in [3.05, 3.63) is 52.8 Å². The van der Waals surface area contributed by atoms with Gasteiger partial charge in [0, 0.05) is 28.9 Å². The van der Waals surface area contributed by atoms with Crippen LogP contribution in [0.2, 0.25) is 0 Å². The summed E-state index contributed by atoms with van der Waals surface area (Å²) in [5.41, 5.74) is 3.26. The standard InChI is InChI=1S/C19H18BrNO3/c1-3-23-18-11-19(24-4-2)16(20)10-15(18)14-9-13-7-5-6-8-21(13)17(14)12-22/h5-12H,3-4H2,1-2H3. The van der Waals surface area contributed by atoms with Gasteiger partial charge in [0.15, 0.2) is 6.29 Å². The number of aldehydes is 1. The lowest BCUT2D eigenvalue weighted by Gasteiger charge is -2.14. The fourth-order valence-electron chi connectivity index (χ4n) is 2.77. The minimum Gasteiger partial charge on any atom is -0.493 e. The maximum absolute atomic E-state index is 11.7. The summed E-state index contributed by atoms with van der Waals surface area (Å²) in [5.74, 6) is 1.42. The molecule has 0 saturated heterocycles. The van der Waals surface area contributed by atoms with Gasteiger partial charge in [-0.15, -0.1) is 0 Å². The first-order valence-electron chi connectivity index (χ1n) is 7.84. The maximum Gasteiger partial charge on any atom is 0.167 e. The summed E-state index contributed by atoms with van der Waals surface area (Å²) in [6.07, 6.45) is 2.76. The van der Waals surface area contributed by atoms with E-state index in [9.17, 15) is 4.79 Å². The van der Waals surface area contributed by atoms with Crippen LogP contribution in [0.3, 0.4) is 0 Å². The summed E-state index contributed by atoms with van der Waals surface area (Å²) in [4.78, 5) is 11.7. The zero-order valence-corrected chi connectivity index (χ0v) is 15.2. The Hall–Kier alpha value is -2.27. The molecule has 24 heavy (non-hydrogen) atoms. The number of ether oxygens (including phenoxy) is 2. The first kappa shape index (κ1) is 16.6. The van der Waals surface area contributed by atoms with Crippen LogP contribution in [0.5, 0.6) is 11.5 Å². The molecule has 0 fully saturated rings. The Balaban J connectivity index is 2.25. The SMILES string of the molecule is CCOc1cc(OCC)c(-c2cc3ccccn3c2C=O)cc1Br. The number of carbonyl (C=O) groups excluding carboxylic acids is 1. The molecule has 0 atom stereocenters. The highest BCUT2D eigenvalue weighted by Gasteiger charge is 2.18. The molecular weight excluding hydrogens is 370 g/mol. The Morgan fingerprint density at radius 3 is 2.50 bits per heavy atom. The van der Waals surface area contributed by atoms with Crippen molar-refractivity contribution in [3.63, 3.8) is 0 Å². The number of nitrogens with zero attached hydrogens (tertiary/aromatic N) is 1. The molecule has 0 radical (unpaired) electrons. The average Bonchev–Trinajstić information content (AvgIpc) is 2.96. The fraction of sp³-hybridized carbons (Fsp3) is 0.211. The van der Waals surface area contributed by atoms with Crippen molar-refractivity contribution in [2.75, 3.05) is 13.2 Å². The first-order valence-corrected chi connectivity index (χ1v) is 8.63. The minimum atomic E-state index is 0.532. The second kappa shape index (κ2) is 7.09. The molecule has 0 bridgehead atoms. The highest BCUT2D eigenvalue weighted by molar-refractivity contribution is 9.10. The zero-order chi connectivity index (χ0) is 17.1. The lowest BCUT2D eigenvalue weighted by molar-refractivity contribution is 0.111. The Labute approximate surface area is 149 Å². The number of aromatic nitrogens is 1. The van der Waals surface area contributed by atoms with Crippen molar-refractivity contribution in [1.82, 2.24) is 4.40 Å². The maximum atomic E-state index is 11.7. The molecule has 0 N–H and O–H groups in total. The van der Waals surface area contributed by atoms with E-state index in [-0.39, 0.29) is 0 Å². The van der Waals surface area contributed by atoms with Crippen molar-refractivity contribution >= 4 is 27.7 Å². The number of pyridine rings is 1. The van der Waals surface area contributed by atoms with Gasteiger partial charge in [-0.1, -0.05) is 6.07 Å². The molecule has 0 aliphatic rings. The second-order valence-electron chi connectivity index (χ2n) is 5.20. The third-order valence-corrected chi connectivity index (χ3v) is 4.37. The van der Waals surface area contributed by atoms with Gasteiger partial charge < -0.3 is 13.9 Å². The number of hydrogen-bond donors (Lipinski definition) is 0. The molecule has 5 heteroatoms. The van der Waals surface area contributed by atoms with Crippen LogP contribution < -0.4 is 9.47 Å². The third-order valence-electron chi connectivity index (χ3n) is 3.75. The topological polar surface area (TPSA) is 39.9 Å². The monoisotopic (exact) mass is 387 g/mol. The fourth-order valence-corrected chi connectivity index (χ4v) is 3.22. The number of hydrogen-bond acceptors (Lipinski definition) is 3. The average molecular weight is 388 g/mol. The summed E-state index contributed by atoms with van der Waals surface area (Å²) < 4.78 is 14.1. The summed E-state index contributed by atoms with van der Waals surface area (Å²) in [6.45, 7) is 4.97. The number of carbonyl (C=O) groups is 1. The number of rotatable bonds is 6. The normalized spacial score (nSPS) is 10.8. The molecular formula is C19H18BrNO3. The van der Waals surface area contributed by atoms with Gasteiger partial charge in [0.2, 0.25) is 0 Å². The van der Waals surface area contributed by atoms with E-state index < -0.39 is 0 Å². The van der Waals surface area contributed by atoms with Gasteiger partial charge in [-0.3, -0.25) is 4.79 Å². The van der Waals surface area contributed by atoms with E-state index in [1.807, 2.05) is 60.8 Å². The number of fused-ring (bicyclic) bond motifs is 1. The Morgan fingerprint density at radius 2 is 1.79 bits per heavy atom. The summed E-state index contributed by atoms with van der Waals surface area (Å²) in [5, 5.41) is 0. The van der Waals surface area contributed by atoms with Gasteiger partial charge in [0.05, 0.1) is 23.4 Å². The second-order valence-corrected chi connectivity index (χ2v) is 6.06. The smallest absolute Gasteiger partial charge is 0.167 e. The van der Waals surface area contributed by atoms with Gasteiger partial charge in [0.1, 0.15) is 11.5 Å². The first-order chi connectivity index (χ1) is 11.7. The zero-order valence-electron chi connectivity index (χ0n) is 13.6. The van der Waals surface area contributed by atoms with Crippen LogP contribution in [0.1, 0.15) is 24.3 Å². The van der Waals surface area contributed by atoms with Crippen LogP contribution in [-0.2, 0) is 0 Å². The predicted octanol–water partition coefficient (Wildman–Crippen LogP) is 4.98. The molecule has 0 unspecified atom stereocenters. The predicted molar refractivity (Wildman–Crippen MR) is 98.3 cm³/mol. The van der Waals surface area contributed by atoms with Crippen LogP contribution >= 0.6 is 15.9 Å². The van der Waals surface area contributed by atoms with E-state index in [0.29, 0.717) is 24.7 Å². The summed E-state index contributed by atoms with van der Waals surface area (Å²) in [6, 6.07) is 11.6. The highest BCUT2D eigenvalue weighted by Crippen LogP contribution is 2.40. The van der Waals surface area contributed by atoms with E-state index in [1.54, 1.807) is 0 Å². The molecule has 3 rings (SSSR count). The molecule has 0 saturated carbocycles. The molecule has 0 spiro atoms. The van der Waals surface area contributed by atoms with Crippen molar-refractivity contribution in [3.8, 4) is 22.6 Å². The van der Waals surface area contributed by atoms with Gasteiger partial charge in [-0.2, -0.15) is 0 Å². The van der Waals surface area contributed by atoms with Crippen molar-refractivity contribution in [2.45, 2.75) is 13.8 Å². The van der Waals surface area contributed by atoms with Crippen LogP contribution in [0, 0.1) is 0 Å². The van der Waals surface area contributed by atoms with Crippen LogP contribution in [-0.4, -0.2) is 23.9 Å². The molecule has 4 nitrogen and oxygen atoms in total. The molecule has 2 heterocycles. The molecule has 0 aliphatic heterocycles. The third kappa shape index (κ3) is 2.91. The largest absolute Gasteiger partial charge is 0.493 e. The lowest BCUT2D eigenvalue weighted by atomic mass is 10.0. The molecule has 2 aromatic heterocycles. The molecule has 124 valence electrons. The van der Waals surface area contributed by atoms with E-state index in [2.05, 4.69) is 15.9 Å².